The van der Waals surface area contributed by atoms with Gasteiger partial charge >= 0.3 is 6.03 Å². The molecule has 3 amide bonds. The monoisotopic (exact) mass is 323 g/mol. The van der Waals surface area contributed by atoms with Crippen molar-refractivity contribution in [1.29, 1.82) is 0 Å². The van der Waals surface area contributed by atoms with E-state index in [1.807, 2.05) is 62.4 Å². The van der Waals surface area contributed by atoms with E-state index in [0.717, 1.165) is 16.8 Å². The number of hydrogen-bond acceptors (Lipinski definition) is 2. The van der Waals surface area contributed by atoms with E-state index < -0.39 is 6.04 Å². The molecule has 3 rings (SSSR count). The zero-order chi connectivity index (χ0) is 17.1. The number of carbonyl (C=O) groups is 2. The van der Waals surface area contributed by atoms with Gasteiger partial charge in [-0.2, -0.15) is 0 Å². The third-order valence-electron chi connectivity index (χ3n) is 4.15. The molecule has 0 aliphatic carbocycles. The number of nitrogens with one attached hydrogen (secondary N) is 2. The van der Waals surface area contributed by atoms with Crippen LogP contribution in [-0.2, 0) is 11.2 Å². The number of rotatable bonds is 3. The fourth-order valence-electron chi connectivity index (χ4n) is 2.96. The van der Waals surface area contributed by atoms with Crippen LogP contribution < -0.4 is 15.5 Å². The van der Waals surface area contributed by atoms with Gasteiger partial charge in [-0.15, -0.1) is 0 Å². The van der Waals surface area contributed by atoms with Gasteiger partial charge in [0.25, 0.3) is 0 Å². The molecule has 2 aromatic carbocycles. The predicted octanol–water partition coefficient (Wildman–Crippen LogP) is 3.09. The van der Waals surface area contributed by atoms with Crippen molar-refractivity contribution in [2.75, 3.05) is 16.8 Å². The molecule has 1 unspecified atom stereocenters. The number of amides is 3. The average Bonchev–Trinajstić information content (AvgIpc) is 2.97. The minimum Gasteiger partial charge on any atom is -0.355 e. The lowest BCUT2D eigenvalue weighted by Crippen LogP contribution is -2.49. The lowest BCUT2D eigenvalue weighted by molar-refractivity contribution is -0.122. The number of likely N-dealkylation sites (N-methyl/N-ethyl adjacent to an activating group) is 1. The Morgan fingerprint density at radius 2 is 1.83 bits per heavy atom. The van der Waals surface area contributed by atoms with Crippen molar-refractivity contribution in [3.63, 3.8) is 0 Å². The highest BCUT2D eigenvalue weighted by Crippen LogP contribution is 2.32. The second kappa shape index (κ2) is 6.74. The molecule has 5 heteroatoms. The molecule has 0 fully saturated rings. The average molecular weight is 323 g/mol. The Balaban J connectivity index is 1.87. The number of fused-ring (bicyclic) bond motifs is 1. The number of carbonyl (C=O) groups excluding carboxylic acids is 2. The topological polar surface area (TPSA) is 61.4 Å². The van der Waals surface area contributed by atoms with Crippen LogP contribution in [0.2, 0.25) is 0 Å². The Hall–Kier alpha value is -2.82. The molecule has 2 aromatic rings. The van der Waals surface area contributed by atoms with E-state index in [1.165, 1.54) is 0 Å². The number of hydrogen-bond donors (Lipinski definition) is 2. The Morgan fingerprint density at radius 3 is 2.54 bits per heavy atom. The van der Waals surface area contributed by atoms with Crippen molar-refractivity contribution in [3.8, 4) is 0 Å². The minimum absolute atomic E-state index is 0.132. The molecule has 0 radical (unpaired) electrons. The lowest BCUT2D eigenvalue weighted by atomic mass is 10.1. The molecule has 0 saturated carbocycles. The largest absolute Gasteiger partial charge is 0.355 e. The standard InChI is InChI=1S/C19H21N3O2/c1-3-20-18(23)17-12-14-6-4-5-7-16(14)22(17)19(24)21-15-10-8-13(2)9-11-15/h4-11,17H,3,12H2,1-2H3,(H,20,23)(H,21,24). The van der Waals surface area contributed by atoms with E-state index in [9.17, 15) is 9.59 Å². The van der Waals surface area contributed by atoms with Crippen LogP contribution in [0.25, 0.3) is 0 Å². The van der Waals surface area contributed by atoms with Crippen LogP contribution in [0.15, 0.2) is 48.5 Å². The summed E-state index contributed by atoms with van der Waals surface area (Å²) in [5, 5.41) is 5.70. The van der Waals surface area contributed by atoms with Crippen molar-refractivity contribution in [3.05, 3.63) is 59.7 Å². The Morgan fingerprint density at radius 1 is 1.12 bits per heavy atom. The fraction of sp³-hybridized carbons (Fsp3) is 0.263. The van der Waals surface area contributed by atoms with E-state index in [-0.39, 0.29) is 11.9 Å². The maximum absolute atomic E-state index is 12.8. The van der Waals surface area contributed by atoms with Crippen molar-refractivity contribution in [2.45, 2.75) is 26.3 Å². The molecule has 1 aliphatic rings. The first-order valence-electron chi connectivity index (χ1n) is 8.12. The van der Waals surface area contributed by atoms with Crippen LogP contribution in [0.4, 0.5) is 16.2 Å². The smallest absolute Gasteiger partial charge is 0.327 e. The van der Waals surface area contributed by atoms with Crippen molar-refractivity contribution in [1.82, 2.24) is 5.32 Å². The van der Waals surface area contributed by atoms with Gasteiger partial charge in [0.2, 0.25) is 5.91 Å². The molecular weight excluding hydrogens is 302 g/mol. The minimum atomic E-state index is -0.521. The van der Waals surface area contributed by atoms with Crippen LogP contribution in [0, 0.1) is 6.92 Å². The lowest BCUT2D eigenvalue weighted by Gasteiger charge is -2.25. The maximum atomic E-state index is 12.8. The summed E-state index contributed by atoms with van der Waals surface area (Å²) in [6.45, 7) is 4.41. The van der Waals surface area contributed by atoms with Crippen molar-refractivity contribution >= 4 is 23.3 Å². The van der Waals surface area contributed by atoms with E-state index in [0.29, 0.717) is 18.7 Å². The molecule has 0 bridgehead atoms. The first-order chi connectivity index (χ1) is 11.6. The van der Waals surface area contributed by atoms with E-state index in [2.05, 4.69) is 10.6 Å². The van der Waals surface area contributed by atoms with Gasteiger partial charge in [0.05, 0.1) is 0 Å². The molecule has 124 valence electrons. The summed E-state index contributed by atoms with van der Waals surface area (Å²) < 4.78 is 0. The number of urea groups is 1. The van der Waals surface area contributed by atoms with Gasteiger partial charge in [0.1, 0.15) is 6.04 Å². The third-order valence-corrected chi connectivity index (χ3v) is 4.15. The summed E-state index contributed by atoms with van der Waals surface area (Å²) >= 11 is 0. The first kappa shape index (κ1) is 16.1. The van der Waals surface area contributed by atoms with Gasteiger partial charge in [0.15, 0.2) is 0 Å². The second-order valence-corrected chi connectivity index (χ2v) is 5.91. The van der Waals surface area contributed by atoms with Gasteiger partial charge in [0, 0.05) is 24.3 Å². The molecule has 0 saturated heterocycles. The van der Waals surface area contributed by atoms with Crippen LogP contribution in [-0.4, -0.2) is 24.5 Å². The predicted molar refractivity (Wildman–Crippen MR) is 95.3 cm³/mol. The number of aryl methyl sites for hydroxylation is 1. The number of nitrogens with zero attached hydrogens (tertiary/aromatic N) is 1. The molecular formula is C19H21N3O2. The van der Waals surface area contributed by atoms with Crippen LogP contribution >= 0.6 is 0 Å². The highest BCUT2D eigenvalue weighted by atomic mass is 16.2. The van der Waals surface area contributed by atoms with Gasteiger partial charge in [-0.1, -0.05) is 35.9 Å². The molecule has 5 nitrogen and oxygen atoms in total. The summed E-state index contributed by atoms with van der Waals surface area (Å²) in [6, 6.07) is 14.4. The highest BCUT2D eigenvalue weighted by Gasteiger charge is 2.38. The normalized spacial score (nSPS) is 15.8. The zero-order valence-electron chi connectivity index (χ0n) is 13.9. The highest BCUT2D eigenvalue weighted by molar-refractivity contribution is 6.08. The molecule has 0 spiro atoms. The molecule has 2 N–H and O–H groups in total. The van der Waals surface area contributed by atoms with Crippen molar-refractivity contribution < 1.29 is 9.59 Å². The second-order valence-electron chi connectivity index (χ2n) is 5.91. The number of anilines is 2. The molecule has 1 heterocycles. The summed E-state index contributed by atoms with van der Waals surface area (Å²) in [7, 11) is 0. The maximum Gasteiger partial charge on any atom is 0.327 e. The molecule has 24 heavy (non-hydrogen) atoms. The van der Waals surface area contributed by atoms with E-state index >= 15 is 0 Å². The summed E-state index contributed by atoms with van der Waals surface area (Å²) in [5.74, 6) is -0.132. The quantitative estimate of drug-likeness (QED) is 0.912. The van der Waals surface area contributed by atoms with Crippen LogP contribution in [0.3, 0.4) is 0 Å². The van der Waals surface area contributed by atoms with Gasteiger partial charge in [-0.25, -0.2) is 4.79 Å². The summed E-state index contributed by atoms with van der Waals surface area (Å²) in [4.78, 5) is 26.8. The number of para-hydroxylation sites is 1. The number of benzene rings is 2. The Labute approximate surface area is 141 Å². The zero-order valence-corrected chi connectivity index (χ0v) is 13.9. The fourth-order valence-corrected chi connectivity index (χ4v) is 2.96. The Bertz CT molecular complexity index is 755. The van der Waals surface area contributed by atoms with Crippen LogP contribution in [0.5, 0.6) is 0 Å². The summed E-state index contributed by atoms with van der Waals surface area (Å²) in [5.41, 5.74) is 3.63. The van der Waals surface area contributed by atoms with Gasteiger partial charge in [-0.3, -0.25) is 9.69 Å². The summed E-state index contributed by atoms with van der Waals surface area (Å²) in [6.07, 6.45) is 0.531. The third kappa shape index (κ3) is 3.11. The van der Waals surface area contributed by atoms with Gasteiger partial charge in [-0.05, 0) is 37.6 Å². The van der Waals surface area contributed by atoms with E-state index in [4.69, 9.17) is 0 Å². The Kier molecular flexibility index (Phi) is 4.51. The van der Waals surface area contributed by atoms with Gasteiger partial charge < -0.3 is 10.6 Å². The molecule has 1 aliphatic heterocycles. The SMILES string of the molecule is CCNC(=O)C1Cc2ccccc2N1C(=O)Nc1ccc(C)cc1. The van der Waals surface area contributed by atoms with E-state index in [1.54, 1.807) is 4.90 Å². The molecule has 1 atom stereocenters. The molecule has 0 aromatic heterocycles. The van der Waals surface area contributed by atoms with Crippen LogP contribution in [0.1, 0.15) is 18.1 Å². The van der Waals surface area contributed by atoms with Crippen molar-refractivity contribution in [2.24, 2.45) is 0 Å². The first-order valence-corrected chi connectivity index (χ1v) is 8.12.